The number of aryl methyl sites for hydroxylation is 1. The summed E-state index contributed by atoms with van der Waals surface area (Å²) in [4.78, 5) is 36.8. The van der Waals surface area contributed by atoms with E-state index in [0.29, 0.717) is 34.2 Å². The van der Waals surface area contributed by atoms with Crippen molar-refractivity contribution in [3.05, 3.63) is 50.4 Å². The highest BCUT2D eigenvalue weighted by molar-refractivity contribution is 6.01. The van der Waals surface area contributed by atoms with Crippen LogP contribution in [-0.2, 0) is 27.7 Å². The van der Waals surface area contributed by atoms with Crippen molar-refractivity contribution in [2.75, 3.05) is 21.3 Å². The third-order valence-corrected chi connectivity index (χ3v) is 5.11. The molecule has 160 valence electrons. The molecule has 30 heavy (non-hydrogen) atoms. The van der Waals surface area contributed by atoms with Crippen molar-refractivity contribution >= 4 is 16.8 Å². The highest BCUT2D eigenvalue weighted by atomic mass is 16.5. The Kier molecular flexibility index (Phi) is 5.59. The number of aromatic nitrogens is 3. The summed E-state index contributed by atoms with van der Waals surface area (Å²) in [5.41, 5.74) is 0.543. The van der Waals surface area contributed by atoms with Gasteiger partial charge in [0.25, 0.3) is 11.5 Å². The number of nitrogens with zero attached hydrogens (tertiary/aromatic N) is 3. The zero-order valence-corrected chi connectivity index (χ0v) is 17.7. The SMILES string of the molecule is COc1cc2cc(C(=O)NCc3cc(=O)n(C)c(=O)n3C)n(C)c2c(OC)c1OC. The lowest BCUT2D eigenvalue weighted by molar-refractivity contribution is 0.0942. The van der Waals surface area contributed by atoms with Crippen LogP contribution in [0.1, 0.15) is 16.2 Å². The molecule has 0 unspecified atom stereocenters. The standard InChI is InChI=1S/C20H24N4O6/c1-22-12(9-15(25)24(3)20(22)27)10-21-19(26)13-7-11-8-14(28-4)17(29-5)18(30-6)16(11)23(13)2/h7-9H,10H2,1-6H3,(H,21,26). The van der Waals surface area contributed by atoms with Crippen LogP contribution in [0.2, 0.25) is 0 Å². The van der Waals surface area contributed by atoms with Gasteiger partial charge in [-0.2, -0.15) is 0 Å². The summed E-state index contributed by atoms with van der Waals surface area (Å²) >= 11 is 0. The average molecular weight is 416 g/mol. The van der Waals surface area contributed by atoms with Crippen LogP contribution in [0.15, 0.2) is 27.8 Å². The number of carbonyl (C=O) groups is 1. The van der Waals surface area contributed by atoms with Gasteiger partial charge in [0.2, 0.25) is 5.75 Å². The number of hydrogen-bond donors (Lipinski definition) is 1. The molecule has 10 nitrogen and oxygen atoms in total. The van der Waals surface area contributed by atoms with E-state index in [0.717, 1.165) is 9.95 Å². The fourth-order valence-electron chi connectivity index (χ4n) is 3.41. The minimum atomic E-state index is -0.458. The summed E-state index contributed by atoms with van der Waals surface area (Å²) in [5.74, 6) is 0.981. The van der Waals surface area contributed by atoms with Gasteiger partial charge in [-0.15, -0.1) is 0 Å². The number of nitrogens with one attached hydrogen (secondary N) is 1. The first-order chi connectivity index (χ1) is 14.2. The van der Waals surface area contributed by atoms with Gasteiger partial charge in [0.15, 0.2) is 11.5 Å². The Morgan fingerprint density at radius 1 is 0.900 bits per heavy atom. The Bertz CT molecular complexity index is 1250. The number of benzene rings is 1. The second-order valence-electron chi connectivity index (χ2n) is 6.73. The maximum atomic E-state index is 12.9. The summed E-state index contributed by atoms with van der Waals surface area (Å²) < 4.78 is 20.3. The minimum Gasteiger partial charge on any atom is -0.493 e. The molecule has 0 spiro atoms. The molecule has 10 heteroatoms. The predicted octanol–water partition coefficient (Wildman–Crippen LogP) is 0.532. The molecule has 3 aromatic rings. The van der Waals surface area contributed by atoms with Gasteiger partial charge in [-0.25, -0.2) is 4.79 Å². The number of ether oxygens (including phenoxy) is 3. The first-order valence-electron chi connectivity index (χ1n) is 9.07. The molecule has 2 aromatic heterocycles. The van der Waals surface area contributed by atoms with E-state index in [9.17, 15) is 14.4 Å². The number of carbonyl (C=O) groups excluding carboxylic acids is 1. The highest BCUT2D eigenvalue weighted by Gasteiger charge is 2.22. The van der Waals surface area contributed by atoms with Crippen LogP contribution in [0, 0.1) is 0 Å². The molecular formula is C20H24N4O6. The lowest BCUT2D eigenvalue weighted by Crippen LogP contribution is -2.39. The number of hydrogen-bond acceptors (Lipinski definition) is 6. The second kappa shape index (κ2) is 7.97. The van der Waals surface area contributed by atoms with Crippen molar-refractivity contribution < 1.29 is 19.0 Å². The van der Waals surface area contributed by atoms with Crippen molar-refractivity contribution in [2.45, 2.75) is 6.54 Å². The van der Waals surface area contributed by atoms with Crippen LogP contribution in [0.25, 0.3) is 10.9 Å². The lowest BCUT2D eigenvalue weighted by Gasteiger charge is -2.14. The number of amides is 1. The molecule has 0 radical (unpaired) electrons. The van der Waals surface area contributed by atoms with Crippen LogP contribution >= 0.6 is 0 Å². The topological polar surface area (TPSA) is 106 Å². The molecule has 0 saturated heterocycles. The Morgan fingerprint density at radius 3 is 2.17 bits per heavy atom. The van der Waals surface area contributed by atoms with E-state index in [4.69, 9.17) is 14.2 Å². The van der Waals surface area contributed by atoms with Gasteiger partial charge in [-0.05, 0) is 12.1 Å². The smallest absolute Gasteiger partial charge is 0.330 e. The Hall–Kier alpha value is -3.69. The lowest BCUT2D eigenvalue weighted by atomic mass is 10.2. The van der Waals surface area contributed by atoms with Crippen molar-refractivity contribution in [3.63, 3.8) is 0 Å². The van der Waals surface area contributed by atoms with Crippen molar-refractivity contribution in [3.8, 4) is 17.2 Å². The van der Waals surface area contributed by atoms with E-state index in [1.807, 2.05) is 0 Å². The zero-order valence-electron chi connectivity index (χ0n) is 17.7. The molecule has 0 aliphatic carbocycles. The third kappa shape index (κ3) is 3.30. The molecule has 3 rings (SSSR count). The summed E-state index contributed by atoms with van der Waals surface area (Å²) in [5, 5.41) is 3.49. The van der Waals surface area contributed by atoms with Gasteiger partial charge < -0.3 is 24.1 Å². The summed E-state index contributed by atoms with van der Waals surface area (Å²) in [6.45, 7) is 0.0198. The van der Waals surface area contributed by atoms with Gasteiger partial charge in [0, 0.05) is 38.3 Å². The average Bonchev–Trinajstić information content (AvgIpc) is 3.08. The minimum absolute atomic E-state index is 0.0198. The van der Waals surface area contributed by atoms with Crippen molar-refractivity contribution in [1.29, 1.82) is 0 Å². The maximum absolute atomic E-state index is 12.9. The molecule has 2 heterocycles. The van der Waals surface area contributed by atoms with Gasteiger partial charge in [-0.3, -0.25) is 18.7 Å². The zero-order chi connectivity index (χ0) is 22.2. The summed E-state index contributed by atoms with van der Waals surface area (Å²) in [7, 11) is 9.23. The van der Waals surface area contributed by atoms with Crippen LogP contribution in [0.3, 0.4) is 0 Å². The summed E-state index contributed by atoms with van der Waals surface area (Å²) in [6, 6.07) is 4.79. The van der Waals surface area contributed by atoms with Crippen LogP contribution in [-0.4, -0.2) is 40.9 Å². The highest BCUT2D eigenvalue weighted by Crippen LogP contribution is 2.44. The third-order valence-electron chi connectivity index (χ3n) is 5.11. The Morgan fingerprint density at radius 2 is 1.57 bits per heavy atom. The second-order valence-corrected chi connectivity index (χ2v) is 6.73. The molecule has 0 fully saturated rings. The van der Waals surface area contributed by atoms with Gasteiger partial charge in [-0.1, -0.05) is 0 Å². The first kappa shape index (κ1) is 21.0. The molecule has 0 aliphatic rings. The van der Waals surface area contributed by atoms with Crippen LogP contribution in [0.5, 0.6) is 17.2 Å². The van der Waals surface area contributed by atoms with E-state index < -0.39 is 11.2 Å². The Labute approximate surface area is 172 Å². The monoisotopic (exact) mass is 416 g/mol. The molecule has 1 N–H and O–H groups in total. The summed E-state index contributed by atoms with van der Waals surface area (Å²) in [6.07, 6.45) is 0. The molecule has 0 aliphatic heterocycles. The molecule has 1 aromatic carbocycles. The van der Waals surface area contributed by atoms with Crippen LogP contribution < -0.4 is 30.8 Å². The molecule has 0 saturated carbocycles. The van der Waals surface area contributed by atoms with Gasteiger partial charge >= 0.3 is 5.69 Å². The Balaban J connectivity index is 2.00. The fraction of sp³-hybridized carbons (Fsp3) is 0.350. The van der Waals surface area contributed by atoms with E-state index in [1.54, 1.807) is 30.8 Å². The maximum Gasteiger partial charge on any atom is 0.330 e. The van der Waals surface area contributed by atoms with Crippen LogP contribution in [0.4, 0.5) is 0 Å². The fourth-order valence-corrected chi connectivity index (χ4v) is 3.41. The molecule has 0 atom stereocenters. The number of methoxy groups -OCH3 is 3. The van der Waals surface area contributed by atoms with Gasteiger partial charge in [0.05, 0.1) is 33.4 Å². The van der Waals surface area contributed by atoms with Gasteiger partial charge in [0.1, 0.15) is 5.69 Å². The van der Waals surface area contributed by atoms with E-state index in [-0.39, 0.29) is 12.5 Å². The predicted molar refractivity (Wildman–Crippen MR) is 111 cm³/mol. The number of fused-ring (bicyclic) bond motifs is 1. The quantitative estimate of drug-likeness (QED) is 0.629. The van der Waals surface area contributed by atoms with E-state index in [2.05, 4.69) is 5.32 Å². The van der Waals surface area contributed by atoms with E-state index >= 15 is 0 Å². The van der Waals surface area contributed by atoms with Crippen molar-refractivity contribution in [1.82, 2.24) is 19.0 Å². The molecule has 1 amide bonds. The number of rotatable bonds is 6. The molecular weight excluding hydrogens is 392 g/mol. The largest absolute Gasteiger partial charge is 0.493 e. The van der Waals surface area contributed by atoms with Crippen molar-refractivity contribution in [2.24, 2.45) is 21.1 Å². The molecule has 0 bridgehead atoms. The first-order valence-corrected chi connectivity index (χ1v) is 9.07. The van der Waals surface area contributed by atoms with E-state index in [1.165, 1.54) is 39.0 Å². The normalized spacial score (nSPS) is 10.9.